The van der Waals surface area contributed by atoms with E-state index in [0.717, 1.165) is 29.7 Å². The summed E-state index contributed by atoms with van der Waals surface area (Å²) >= 11 is 0. The zero-order valence-corrected chi connectivity index (χ0v) is 16.0. The Labute approximate surface area is 169 Å². The van der Waals surface area contributed by atoms with Gasteiger partial charge in [-0.3, -0.25) is 0 Å². The maximum atomic E-state index is 5.89. The molecular formula is C23H22N4O2. The topological polar surface area (TPSA) is 87.1 Å². The fourth-order valence-corrected chi connectivity index (χ4v) is 3.06. The molecule has 0 fully saturated rings. The number of ether oxygens (including phenoxy) is 1. The second kappa shape index (κ2) is 9.01. The van der Waals surface area contributed by atoms with Gasteiger partial charge in [-0.05, 0) is 36.1 Å². The predicted molar refractivity (Wildman–Crippen MR) is 111 cm³/mol. The van der Waals surface area contributed by atoms with Gasteiger partial charge in [0.1, 0.15) is 5.82 Å². The van der Waals surface area contributed by atoms with E-state index in [4.69, 9.17) is 15.0 Å². The summed E-state index contributed by atoms with van der Waals surface area (Å²) < 4.78 is 11.2. The Hall–Kier alpha value is -3.67. The summed E-state index contributed by atoms with van der Waals surface area (Å²) in [6.07, 6.45) is 6.01. The highest BCUT2D eigenvalue weighted by molar-refractivity contribution is 5.69. The molecule has 0 amide bonds. The van der Waals surface area contributed by atoms with Crippen LogP contribution in [0.4, 0.5) is 5.82 Å². The summed E-state index contributed by atoms with van der Waals surface area (Å²) in [5.41, 5.74) is 9.79. The number of anilines is 1. The maximum absolute atomic E-state index is 5.89. The SMILES string of the molecule is Nc1ncccc1-c1cc(Cc2ccc(OCCCc3ccccc3)nc2)no1. The molecule has 0 unspecified atom stereocenters. The molecule has 0 aliphatic carbocycles. The van der Waals surface area contributed by atoms with E-state index in [1.807, 2.05) is 36.4 Å². The molecule has 0 bridgehead atoms. The Balaban J connectivity index is 1.29. The van der Waals surface area contributed by atoms with Crippen LogP contribution in [0.5, 0.6) is 5.88 Å². The lowest BCUT2D eigenvalue weighted by Gasteiger charge is -2.06. The number of aromatic nitrogens is 3. The standard InChI is InChI=1S/C23H22N4O2/c24-23-20(9-4-12-25-23)21-15-19(27-29-21)14-18-10-11-22(26-16-18)28-13-5-8-17-6-2-1-3-7-17/h1-4,6-7,9-12,15-16H,5,8,13-14H2,(H2,24,25). The number of nitrogens with two attached hydrogens (primary N) is 1. The number of aryl methyl sites for hydroxylation is 1. The van der Waals surface area contributed by atoms with Gasteiger partial charge in [-0.2, -0.15) is 0 Å². The van der Waals surface area contributed by atoms with E-state index in [1.54, 1.807) is 12.4 Å². The van der Waals surface area contributed by atoms with Crippen molar-refractivity contribution in [1.82, 2.24) is 15.1 Å². The van der Waals surface area contributed by atoms with Gasteiger partial charge in [-0.25, -0.2) is 9.97 Å². The van der Waals surface area contributed by atoms with E-state index in [2.05, 4.69) is 39.4 Å². The highest BCUT2D eigenvalue weighted by Crippen LogP contribution is 2.25. The van der Waals surface area contributed by atoms with Gasteiger partial charge in [0.05, 0.1) is 17.9 Å². The lowest BCUT2D eigenvalue weighted by molar-refractivity contribution is 0.299. The molecule has 6 heteroatoms. The summed E-state index contributed by atoms with van der Waals surface area (Å²) in [5.74, 6) is 1.66. The van der Waals surface area contributed by atoms with Gasteiger partial charge in [-0.15, -0.1) is 0 Å². The summed E-state index contributed by atoms with van der Waals surface area (Å²) in [7, 11) is 0. The van der Waals surface area contributed by atoms with Gasteiger partial charge in [-0.1, -0.05) is 41.6 Å². The fourth-order valence-electron chi connectivity index (χ4n) is 3.06. The van der Waals surface area contributed by atoms with E-state index in [1.165, 1.54) is 5.56 Å². The number of pyridine rings is 2. The van der Waals surface area contributed by atoms with Crippen LogP contribution in [0.15, 0.2) is 77.6 Å². The van der Waals surface area contributed by atoms with Crippen LogP contribution in [0.3, 0.4) is 0 Å². The normalized spacial score (nSPS) is 10.8. The minimum atomic E-state index is 0.422. The number of hydrogen-bond donors (Lipinski definition) is 1. The quantitative estimate of drug-likeness (QED) is 0.454. The molecule has 29 heavy (non-hydrogen) atoms. The molecule has 146 valence electrons. The van der Waals surface area contributed by atoms with E-state index in [0.29, 0.717) is 30.5 Å². The minimum Gasteiger partial charge on any atom is -0.478 e. The van der Waals surface area contributed by atoms with Crippen molar-refractivity contribution in [3.8, 4) is 17.2 Å². The van der Waals surface area contributed by atoms with Crippen molar-refractivity contribution in [2.45, 2.75) is 19.3 Å². The summed E-state index contributed by atoms with van der Waals surface area (Å²) in [6.45, 7) is 0.639. The molecule has 0 aliphatic rings. The van der Waals surface area contributed by atoms with Crippen LogP contribution >= 0.6 is 0 Å². The van der Waals surface area contributed by atoms with Gasteiger partial charge >= 0.3 is 0 Å². The number of nitrogens with zero attached hydrogens (tertiary/aromatic N) is 3. The molecule has 1 aromatic carbocycles. The average Bonchev–Trinajstić information content (AvgIpc) is 3.22. The van der Waals surface area contributed by atoms with Crippen molar-refractivity contribution in [2.75, 3.05) is 12.3 Å². The van der Waals surface area contributed by atoms with Crippen molar-refractivity contribution in [2.24, 2.45) is 0 Å². The van der Waals surface area contributed by atoms with Crippen molar-refractivity contribution in [3.05, 3.63) is 89.9 Å². The molecule has 0 saturated heterocycles. The molecular weight excluding hydrogens is 364 g/mol. The monoisotopic (exact) mass is 386 g/mol. The molecule has 4 rings (SSSR count). The Morgan fingerprint density at radius 2 is 1.83 bits per heavy atom. The molecule has 3 heterocycles. The molecule has 0 spiro atoms. The van der Waals surface area contributed by atoms with Gasteiger partial charge < -0.3 is 15.0 Å². The van der Waals surface area contributed by atoms with Crippen LogP contribution in [-0.4, -0.2) is 21.7 Å². The third-order valence-electron chi connectivity index (χ3n) is 4.55. The van der Waals surface area contributed by atoms with E-state index in [-0.39, 0.29) is 0 Å². The Bertz CT molecular complexity index is 1050. The predicted octanol–water partition coefficient (Wildman–Crippen LogP) is 4.32. The van der Waals surface area contributed by atoms with Gasteiger partial charge in [0.15, 0.2) is 5.76 Å². The van der Waals surface area contributed by atoms with Crippen LogP contribution in [0.25, 0.3) is 11.3 Å². The average molecular weight is 386 g/mol. The summed E-state index contributed by atoms with van der Waals surface area (Å²) in [4.78, 5) is 8.46. The largest absolute Gasteiger partial charge is 0.478 e. The highest BCUT2D eigenvalue weighted by atomic mass is 16.5. The molecule has 2 N–H and O–H groups in total. The van der Waals surface area contributed by atoms with Crippen LogP contribution in [0.2, 0.25) is 0 Å². The molecule has 0 atom stereocenters. The van der Waals surface area contributed by atoms with Crippen molar-refractivity contribution >= 4 is 5.82 Å². The van der Waals surface area contributed by atoms with Gasteiger partial charge in [0, 0.05) is 30.9 Å². The molecule has 6 nitrogen and oxygen atoms in total. The molecule has 0 saturated carbocycles. The third-order valence-corrected chi connectivity index (χ3v) is 4.55. The smallest absolute Gasteiger partial charge is 0.213 e. The molecule has 0 radical (unpaired) electrons. The van der Waals surface area contributed by atoms with E-state index < -0.39 is 0 Å². The first kappa shape index (κ1) is 18.7. The van der Waals surface area contributed by atoms with E-state index in [9.17, 15) is 0 Å². The molecule has 0 aliphatic heterocycles. The first-order chi connectivity index (χ1) is 14.3. The highest BCUT2D eigenvalue weighted by Gasteiger charge is 2.11. The van der Waals surface area contributed by atoms with Crippen LogP contribution in [0, 0.1) is 0 Å². The molecule has 3 aromatic heterocycles. The first-order valence-corrected chi connectivity index (χ1v) is 9.56. The lowest BCUT2D eigenvalue weighted by Crippen LogP contribution is -2.01. The Morgan fingerprint density at radius 3 is 2.62 bits per heavy atom. The zero-order valence-electron chi connectivity index (χ0n) is 16.0. The van der Waals surface area contributed by atoms with Crippen LogP contribution < -0.4 is 10.5 Å². The summed E-state index contributed by atoms with van der Waals surface area (Å²) in [5, 5.41) is 4.12. The third kappa shape index (κ3) is 4.99. The number of hydrogen-bond acceptors (Lipinski definition) is 6. The van der Waals surface area contributed by atoms with E-state index >= 15 is 0 Å². The molecule has 4 aromatic rings. The van der Waals surface area contributed by atoms with Gasteiger partial charge in [0.2, 0.25) is 5.88 Å². The first-order valence-electron chi connectivity index (χ1n) is 9.56. The zero-order chi connectivity index (χ0) is 19.9. The Kier molecular flexibility index (Phi) is 5.81. The van der Waals surface area contributed by atoms with Crippen molar-refractivity contribution < 1.29 is 9.26 Å². The summed E-state index contributed by atoms with van der Waals surface area (Å²) in [6, 6.07) is 19.8. The van der Waals surface area contributed by atoms with Crippen molar-refractivity contribution in [1.29, 1.82) is 0 Å². The van der Waals surface area contributed by atoms with Crippen LogP contribution in [-0.2, 0) is 12.8 Å². The van der Waals surface area contributed by atoms with Gasteiger partial charge in [0.25, 0.3) is 0 Å². The lowest BCUT2D eigenvalue weighted by atomic mass is 10.1. The van der Waals surface area contributed by atoms with Crippen LogP contribution in [0.1, 0.15) is 23.2 Å². The second-order valence-electron chi connectivity index (χ2n) is 6.74. The van der Waals surface area contributed by atoms with Crippen molar-refractivity contribution in [3.63, 3.8) is 0 Å². The number of rotatable bonds is 8. The number of benzene rings is 1. The second-order valence-corrected chi connectivity index (χ2v) is 6.74. The minimum absolute atomic E-state index is 0.422. The Morgan fingerprint density at radius 1 is 0.931 bits per heavy atom. The number of nitrogen functional groups attached to an aromatic ring is 1. The fraction of sp³-hybridized carbons (Fsp3) is 0.174. The maximum Gasteiger partial charge on any atom is 0.213 e.